The predicted octanol–water partition coefficient (Wildman–Crippen LogP) is 0.762. The van der Waals surface area contributed by atoms with E-state index in [0.717, 1.165) is 43.0 Å². The molecule has 128 valence electrons. The van der Waals surface area contributed by atoms with Crippen LogP contribution in [-0.4, -0.2) is 57.2 Å². The third kappa shape index (κ3) is 4.01. The zero-order valence-corrected chi connectivity index (χ0v) is 13.9. The summed E-state index contributed by atoms with van der Waals surface area (Å²) < 4.78 is 0. The number of nitrogens with two attached hydrogens (primary N) is 1. The van der Waals surface area contributed by atoms with Gasteiger partial charge in [0.05, 0.1) is 6.20 Å². The lowest BCUT2D eigenvalue weighted by atomic mass is 10.1. The summed E-state index contributed by atoms with van der Waals surface area (Å²) in [4.78, 5) is 24.8. The first kappa shape index (κ1) is 16.2. The minimum absolute atomic E-state index is 0.219. The number of rotatable bonds is 5. The summed E-state index contributed by atoms with van der Waals surface area (Å²) in [7, 11) is 0. The number of aromatic nitrogens is 4. The normalized spacial score (nSPS) is 14.9. The molecule has 0 atom stereocenters. The Bertz CT molecular complexity index is 657. The second kappa shape index (κ2) is 7.29. The second-order valence-electron chi connectivity index (χ2n) is 6.05. The number of nitrogen functional groups attached to an aromatic ring is 1. The van der Waals surface area contributed by atoms with Crippen LogP contribution in [-0.2, 0) is 11.2 Å². The van der Waals surface area contributed by atoms with Gasteiger partial charge in [0, 0.05) is 50.6 Å². The molecule has 8 heteroatoms. The van der Waals surface area contributed by atoms with Gasteiger partial charge < -0.3 is 15.5 Å². The van der Waals surface area contributed by atoms with E-state index >= 15 is 0 Å². The van der Waals surface area contributed by atoms with Crippen molar-refractivity contribution in [3.63, 3.8) is 0 Å². The van der Waals surface area contributed by atoms with E-state index in [1.807, 2.05) is 24.1 Å². The van der Waals surface area contributed by atoms with Crippen LogP contribution in [0.4, 0.5) is 11.8 Å². The molecule has 3 heterocycles. The molecule has 1 fully saturated rings. The first-order valence-electron chi connectivity index (χ1n) is 8.23. The Morgan fingerprint density at radius 3 is 2.75 bits per heavy atom. The smallest absolute Gasteiger partial charge is 0.222 e. The minimum Gasteiger partial charge on any atom is -0.368 e. The number of aromatic amines is 1. The van der Waals surface area contributed by atoms with Crippen molar-refractivity contribution in [2.75, 3.05) is 36.8 Å². The number of nitrogens with zero attached hydrogens (tertiary/aromatic N) is 5. The van der Waals surface area contributed by atoms with Crippen LogP contribution in [0.5, 0.6) is 0 Å². The van der Waals surface area contributed by atoms with E-state index in [9.17, 15) is 4.79 Å². The standard InChI is InChI=1S/C16H23N7O/c1-12-9-14(21-16(17)20-12)22-5-7-23(8-6-22)15(24)4-2-3-13-10-18-19-11-13/h9-11H,2-8H2,1H3,(H,18,19)(H2,17,20,21). The number of amides is 1. The first-order valence-corrected chi connectivity index (χ1v) is 8.23. The van der Waals surface area contributed by atoms with Gasteiger partial charge in [-0.1, -0.05) is 0 Å². The van der Waals surface area contributed by atoms with E-state index < -0.39 is 0 Å². The van der Waals surface area contributed by atoms with Crippen LogP contribution >= 0.6 is 0 Å². The van der Waals surface area contributed by atoms with Crippen LogP contribution < -0.4 is 10.6 Å². The monoisotopic (exact) mass is 329 g/mol. The van der Waals surface area contributed by atoms with Gasteiger partial charge >= 0.3 is 0 Å². The molecule has 0 spiro atoms. The summed E-state index contributed by atoms with van der Waals surface area (Å²) in [5, 5.41) is 6.70. The van der Waals surface area contributed by atoms with Crippen molar-refractivity contribution in [2.45, 2.75) is 26.2 Å². The lowest BCUT2D eigenvalue weighted by molar-refractivity contribution is -0.131. The van der Waals surface area contributed by atoms with Crippen molar-refractivity contribution in [1.82, 2.24) is 25.1 Å². The van der Waals surface area contributed by atoms with Gasteiger partial charge in [-0.25, -0.2) is 4.98 Å². The second-order valence-corrected chi connectivity index (χ2v) is 6.05. The molecule has 24 heavy (non-hydrogen) atoms. The van der Waals surface area contributed by atoms with Gasteiger partial charge in [-0.15, -0.1) is 0 Å². The van der Waals surface area contributed by atoms with E-state index in [-0.39, 0.29) is 5.91 Å². The number of hydrogen-bond donors (Lipinski definition) is 2. The molecule has 1 amide bonds. The Morgan fingerprint density at radius 1 is 1.29 bits per heavy atom. The van der Waals surface area contributed by atoms with Crippen molar-refractivity contribution in [1.29, 1.82) is 0 Å². The number of hydrogen-bond acceptors (Lipinski definition) is 6. The van der Waals surface area contributed by atoms with Gasteiger partial charge in [-0.2, -0.15) is 10.1 Å². The topological polar surface area (TPSA) is 104 Å². The molecule has 0 unspecified atom stereocenters. The van der Waals surface area contributed by atoms with E-state index in [0.29, 0.717) is 25.5 Å². The highest BCUT2D eigenvalue weighted by Crippen LogP contribution is 2.16. The molecule has 2 aromatic rings. The van der Waals surface area contributed by atoms with Gasteiger partial charge in [-0.3, -0.25) is 9.89 Å². The number of carbonyl (C=O) groups excluding carboxylic acids is 1. The summed E-state index contributed by atoms with van der Waals surface area (Å²) in [6.07, 6.45) is 5.98. The molecule has 1 saturated heterocycles. The van der Waals surface area contributed by atoms with Crippen LogP contribution in [0.1, 0.15) is 24.1 Å². The van der Waals surface area contributed by atoms with Crippen molar-refractivity contribution >= 4 is 17.7 Å². The average Bonchev–Trinajstić information content (AvgIpc) is 3.07. The largest absolute Gasteiger partial charge is 0.368 e. The minimum atomic E-state index is 0.219. The molecule has 1 aliphatic heterocycles. The molecule has 0 aromatic carbocycles. The van der Waals surface area contributed by atoms with Crippen LogP contribution in [0.3, 0.4) is 0 Å². The first-order chi connectivity index (χ1) is 11.6. The Balaban J connectivity index is 1.46. The fourth-order valence-electron chi connectivity index (χ4n) is 2.94. The maximum absolute atomic E-state index is 12.3. The quantitative estimate of drug-likeness (QED) is 0.839. The average molecular weight is 329 g/mol. The maximum Gasteiger partial charge on any atom is 0.222 e. The molecule has 3 rings (SSSR count). The predicted molar refractivity (Wildman–Crippen MR) is 91.5 cm³/mol. The molecule has 0 bridgehead atoms. The van der Waals surface area contributed by atoms with Crippen molar-refractivity contribution in [3.05, 3.63) is 29.7 Å². The van der Waals surface area contributed by atoms with Crippen molar-refractivity contribution < 1.29 is 4.79 Å². The summed E-state index contributed by atoms with van der Waals surface area (Å²) >= 11 is 0. The zero-order chi connectivity index (χ0) is 16.9. The van der Waals surface area contributed by atoms with Gasteiger partial charge in [-0.05, 0) is 25.3 Å². The van der Waals surface area contributed by atoms with Crippen LogP contribution in [0.15, 0.2) is 18.5 Å². The molecular formula is C16H23N7O. The van der Waals surface area contributed by atoms with E-state index in [2.05, 4.69) is 25.1 Å². The molecule has 0 saturated carbocycles. The maximum atomic E-state index is 12.3. The molecule has 0 aliphatic carbocycles. The van der Waals surface area contributed by atoms with Crippen LogP contribution in [0.25, 0.3) is 0 Å². The van der Waals surface area contributed by atoms with Gasteiger partial charge in [0.15, 0.2) is 0 Å². The van der Waals surface area contributed by atoms with Crippen molar-refractivity contribution in [3.8, 4) is 0 Å². The van der Waals surface area contributed by atoms with E-state index in [1.165, 1.54) is 0 Å². The third-order valence-electron chi connectivity index (χ3n) is 4.23. The van der Waals surface area contributed by atoms with Gasteiger partial charge in [0.25, 0.3) is 0 Å². The van der Waals surface area contributed by atoms with Gasteiger partial charge in [0.2, 0.25) is 11.9 Å². The zero-order valence-electron chi connectivity index (χ0n) is 13.9. The van der Waals surface area contributed by atoms with E-state index in [1.54, 1.807) is 6.20 Å². The van der Waals surface area contributed by atoms with Crippen LogP contribution in [0, 0.1) is 6.92 Å². The Kier molecular flexibility index (Phi) is 4.93. The summed E-state index contributed by atoms with van der Waals surface area (Å²) in [6, 6.07) is 1.93. The fraction of sp³-hybridized carbons (Fsp3) is 0.500. The highest BCUT2D eigenvalue weighted by molar-refractivity contribution is 5.76. The molecule has 0 radical (unpaired) electrons. The molecule has 3 N–H and O–H groups in total. The summed E-state index contributed by atoms with van der Waals surface area (Å²) in [5.41, 5.74) is 7.72. The highest BCUT2D eigenvalue weighted by atomic mass is 16.2. The lowest BCUT2D eigenvalue weighted by Gasteiger charge is -2.35. The SMILES string of the molecule is Cc1cc(N2CCN(C(=O)CCCc3cn[nH]c3)CC2)nc(N)n1. The van der Waals surface area contributed by atoms with Gasteiger partial charge in [0.1, 0.15) is 5.82 Å². The summed E-state index contributed by atoms with van der Waals surface area (Å²) in [5.74, 6) is 1.35. The number of anilines is 2. The fourth-order valence-corrected chi connectivity index (χ4v) is 2.94. The van der Waals surface area contributed by atoms with Crippen molar-refractivity contribution in [2.24, 2.45) is 0 Å². The number of nitrogens with one attached hydrogen (secondary N) is 1. The Morgan fingerprint density at radius 2 is 2.08 bits per heavy atom. The van der Waals surface area contributed by atoms with E-state index in [4.69, 9.17) is 5.73 Å². The molecule has 1 aliphatic rings. The third-order valence-corrected chi connectivity index (χ3v) is 4.23. The number of carbonyl (C=O) groups is 1. The molecule has 2 aromatic heterocycles. The highest BCUT2D eigenvalue weighted by Gasteiger charge is 2.22. The summed E-state index contributed by atoms with van der Waals surface area (Å²) in [6.45, 7) is 4.87. The Labute approximate surface area is 141 Å². The number of H-pyrrole nitrogens is 1. The number of aryl methyl sites for hydroxylation is 2. The number of piperazine rings is 1. The molecule has 8 nitrogen and oxygen atoms in total. The van der Waals surface area contributed by atoms with Crippen LogP contribution in [0.2, 0.25) is 0 Å². The Hall–Kier alpha value is -2.64. The molecular weight excluding hydrogens is 306 g/mol. The lowest BCUT2D eigenvalue weighted by Crippen LogP contribution is -2.49.